The van der Waals surface area contributed by atoms with Crippen molar-refractivity contribution >= 4 is 34.8 Å². The summed E-state index contributed by atoms with van der Waals surface area (Å²) in [6, 6.07) is 10.1. The Hall–Kier alpha value is -0.890. The topological polar surface area (TPSA) is 20.2 Å². The molecule has 2 rings (SSSR count). The van der Waals surface area contributed by atoms with Gasteiger partial charge in [-0.15, -0.1) is 0 Å². The summed E-state index contributed by atoms with van der Waals surface area (Å²) in [5.41, 5.74) is 1.23. The highest BCUT2D eigenvalue weighted by Gasteiger charge is 2.12. The van der Waals surface area contributed by atoms with E-state index in [1.54, 1.807) is 24.3 Å². The summed E-state index contributed by atoms with van der Waals surface area (Å²) >= 11 is 17.8. The van der Waals surface area contributed by atoms with Gasteiger partial charge in [0.25, 0.3) is 0 Å². The minimum atomic E-state index is 0.0802. The quantitative estimate of drug-likeness (QED) is 0.773. The molecule has 0 spiro atoms. The molecule has 1 N–H and O–H groups in total. The molecule has 0 aromatic heterocycles. The van der Waals surface area contributed by atoms with Crippen LogP contribution in [0.15, 0.2) is 36.4 Å². The van der Waals surface area contributed by atoms with E-state index in [9.17, 15) is 5.11 Å². The summed E-state index contributed by atoms with van der Waals surface area (Å²) in [6.07, 6.45) is 0. The van der Waals surface area contributed by atoms with Crippen molar-refractivity contribution in [2.75, 3.05) is 0 Å². The fourth-order valence-electron chi connectivity index (χ4n) is 1.46. The van der Waals surface area contributed by atoms with Gasteiger partial charge in [0, 0.05) is 10.6 Å². The average molecular weight is 274 g/mol. The van der Waals surface area contributed by atoms with E-state index in [1.807, 2.05) is 6.07 Å². The van der Waals surface area contributed by atoms with Crippen molar-refractivity contribution in [3.63, 3.8) is 0 Å². The molecule has 4 heteroatoms. The van der Waals surface area contributed by atoms with E-state index in [0.717, 1.165) is 5.56 Å². The lowest BCUT2D eigenvalue weighted by molar-refractivity contribution is 0.477. The average Bonchev–Trinajstić information content (AvgIpc) is 2.24. The van der Waals surface area contributed by atoms with E-state index in [2.05, 4.69) is 0 Å². The zero-order valence-corrected chi connectivity index (χ0v) is 10.3. The molecular weight excluding hydrogens is 266 g/mol. The Morgan fingerprint density at radius 3 is 2.38 bits per heavy atom. The van der Waals surface area contributed by atoms with E-state index in [4.69, 9.17) is 34.8 Å². The highest BCUT2D eigenvalue weighted by atomic mass is 35.5. The van der Waals surface area contributed by atoms with Crippen molar-refractivity contribution in [2.24, 2.45) is 0 Å². The Balaban J connectivity index is 2.68. The third kappa shape index (κ3) is 2.12. The third-order valence-electron chi connectivity index (χ3n) is 2.19. The molecule has 0 aliphatic rings. The van der Waals surface area contributed by atoms with Crippen LogP contribution in [0.3, 0.4) is 0 Å². The van der Waals surface area contributed by atoms with Crippen LogP contribution in [-0.2, 0) is 0 Å². The van der Waals surface area contributed by atoms with E-state index in [-0.39, 0.29) is 5.75 Å². The Labute approximate surface area is 108 Å². The van der Waals surface area contributed by atoms with Gasteiger partial charge in [0.15, 0.2) is 0 Å². The van der Waals surface area contributed by atoms with Crippen LogP contribution in [0.2, 0.25) is 15.1 Å². The second-order valence-electron chi connectivity index (χ2n) is 3.27. The molecule has 0 bridgehead atoms. The molecule has 0 aliphatic heterocycles. The van der Waals surface area contributed by atoms with Crippen LogP contribution in [-0.4, -0.2) is 5.11 Å². The molecule has 0 aliphatic carbocycles. The monoisotopic (exact) mass is 272 g/mol. The molecule has 2 aromatic carbocycles. The van der Waals surface area contributed by atoms with Crippen LogP contribution >= 0.6 is 34.8 Å². The van der Waals surface area contributed by atoms with Gasteiger partial charge in [-0.2, -0.15) is 0 Å². The van der Waals surface area contributed by atoms with Crippen molar-refractivity contribution in [3.05, 3.63) is 51.5 Å². The lowest BCUT2D eigenvalue weighted by atomic mass is 10.0. The highest BCUT2D eigenvalue weighted by molar-refractivity contribution is 6.44. The Morgan fingerprint density at radius 1 is 0.938 bits per heavy atom. The van der Waals surface area contributed by atoms with Crippen molar-refractivity contribution in [3.8, 4) is 16.9 Å². The molecule has 0 atom stereocenters. The smallest absolute Gasteiger partial charge is 0.125 e. The molecule has 1 nitrogen and oxygen atoms in total. The van der Waals surface area contributed by atoms with Gasteiger partial charge in [0.1, 0.15) is 5.75 Å². The Kier molecular flexibility index (Phi) is 3.29. The van der Waals surface area contributed by atoms with E-state index in [1.165, 1.54) is 6.07 Å². The molecule has 0 unspecified atom stereocenters. The van der Waals surface area contributed by atoms with Crippen LogP contribution in [0.5, 0.6) is 5.75 Å². The minimum absolute atomic E-state index is 0.0802. The fraction of sp³-hybridized carbons (Fsp3) is 0. The number of benzene rings is 2. The van der Waals surface area contributed by atoms with Crippen LogP contribution in [0, 0.1) is 0 Å². The fourth-order valence-corrected chi connectivity index (χ4v) is 2.08. The molecule has 0 amide bonds. The second kappa shape index (κ2) is 4.54. The van der Waals surface area contributed by atoms with Gasteiger partial charge in [0.2, 0.25) is 0 Å². The van der Waals surface area contributed by atoms with Gasteiger partial charge in [-0.3, -0.25) is 0 Å². The number of hydrogen-bond donors (Lipinski definition) is 1. The molecule has 2 aromatic rings. The number of aromatic hydroxyl groups is 1. The normalized spacial score (nSPS) is 10.4. The van der Waals surface area contributed by atoms with Crippen molar-refractivity contribution in [1.29, 1.82) is 0 Å². The van der Waals surface area contributed by atoms with E-state index in [0.29, 0.717) is 20.6 Å². The number of phenols is 1. The summed E-state index contributed by atoms with van der Waals surface area (Å²) in [7, 11) is 0. The summed E-state index contributed by atoms with van der Waals surface area (Å²) < 4.78 is 0. The van der Waals surface area contributed by atoms with Gasteiger partial charge in [-0.1, -0.05) is 46.9 Å². The second-order valence-corrected chi connectivity index (χ2v) is 4.49. The van der Waals surface area contributed by atoms with Gasteiger partial charge in [-0.05, 0) is 29.8 Å². The predicted molar refractivity (Wildman–Crippen MR) is 68.6 cm³/mol. The van der Waals surface area contributed by atoms with Crippen LogP contribution < -0.4 is 0 Å². The van der Waals surface area contributed by atoms with Crippen molar-refractivity contribution < 1.29 is 5.11 Å². The van der Waals surface area contributed by atoms with E-state index >= 15 is 0 Å². The van der Waals surface area contributed by atoms with Gasteiger partial charge in [-0.25, -0.2) is 0 Å². The summed E-state index contributed by atoms with van der Waals surface area (Å²) in [5, 5.41) is 11.1. The molecule has 0 fully saturated rings. The van der Waals surface area contributed by atoms with Crippen LogP contribution in [0.4, 0.5) is 0 Å². The maximum absolute atomic E-state index is 9.77. The summed E-state index contributed by atoms with van der Waals surface area (Å²) in [6.45, 7) is 0. The highest BCUT2D eigenvalue weighted by Crippen LogP contribution is 2.40. The molecule has 82 valence electrons. The molecule has 0 radical (unpaired) electrons. The maximum Gasteiger partial charge on any atom is 0.125 e. The number of hydrogen-bond acceptors (Lipinski definition) is 1. The first-order valence-electron chi connectivity index (χ1n) is 4.52. The molecule has 0 saturated carbocycles. The lowest BCUT2D eigenvalue weighted by Crippen LogP contribution is -1.82. The van der Waals surface area contributed by atoms with Crippen molar-refractivity contribution in [1.82, 2.24) is 0 Å². The first-order valence-corrected chi connectivity index (χ1v) is 5.66. The first kappa shape index (κ1) is 11.6. The zero-order valence-electron chi connectivity index (χ0n) is 8.05. The standard InChI is InChI=1S/C12H7Cl3O/c13-8-3-1-2-7(6-8)11-10(16)5-4-9(14)12(11)15/h1-6,16H. The lowest BCUT2D eigenvalue weighted by Gasteiger charge is -2.08. The van der Waals surface area contributed by atoms with Gasteiger partial charge >= 0.3 is 0 Å². The molecule has 16 heavy (non-hydrogen) atoms. The summed E-state index contributed by atoms with van der Waals surface area (Å²) in [4.78, 5) is 0. The Morgan fingerprint density at radius 2 is 1.69 bits per heavy atom. The van der Waals surface area contributed by atoms with Crippen molar-refractivity contribution in [2.45, 2.75) is 0 Å². The first-order chi connectivity index (χ1) is 7.59. The zero-order chi connectivity index (χ0) is 11.7. The minimum Gasteiger partial charge on any atom is -0.507 e. The van der Waals surface area contributed by atoms with Gasteiger partial charge in [0.05, 0.1) is 10.0 Å². The maximum atomic E-state index is 9.77. The van der Waals surface area contributed by atoms with E-state index < -0.39 is 0 Å². The number of rotatable bonds is 1. The number of halogens is 3. The molecule has 0 saturated heterocycles. The molecule has 0 heterocycles. The summed E-state index contributed by atoms with van der Waals surface area (Å²) in [5.74, 6) is 0.0802. The number of phenolic OH excluding ortho intramolecular Hbond substituents is 1. The Bertz CT molecular complexity index is 538. The van der Waals surface area contributed by atoms with Gasteiger partial charge < -0.3 is 5.11 Å². The SMILES string of the molecule is Oc1ccc(Cl)c(Cl)c1-c1cccc(Cl)c1. The molecular formula is C12H7Cl3O. The third-order valence-corrected chi connectivity index (χ3v) is 3.23. The largest absolute Gasteiger partial charge is 0.507 e. The predicted octanol–water partition coefficient (Wildman–Crippen LogP) is 5.02. The van der Waals surface area contributed by atoms with Crippen LogP contribution in [0.1, 0.15) is 0 Å². The van der Waals surface area contributed by atoms with Crippen LogP contribution in [0.25, 0.3) is 11.1 Å².